The fourth-order valence-electron chi connectivity index (χ4n) is 3.90. The van der Waals surface area contributed by atoms with Crippen LogP contribution >= 0.6 is 0 Å². The number of nitrogens with one attached hydrogen (secondary N) is 1. The molecule has 2 amide bonds. The Labute approximate surface area is 215 Å². The predicted molar refractivity (Wildman–Crippen MR) is 145 cm³/mol. The molecule has 0 aliphatic heterocycles. The van der Waals surface area contributed by atoms with Crippen molar-refractivity contribution < 1.29 is 14.3 Å². The minimum absolute atomic E-state index is 0.142. The number of hydrogen-bond donors (Lipinski definition) is 1. The molecule has 0 aromatic heterocycles. The van der Waals surface area contributed by atoms with Gasteiger partial charge < -0.3 is 15.0 Å². The van der Waals surface area contributed by atoms with E-state index >= 15 is 0 Å². The number of amides is 2. The number of ether oxygens (including phenoxy) is 1. The minimum atomic E-state index is -0.664. The molecule has 0 heterocycles. The van der Waals surface area contributed by atoms with Gasteiger partial charge in [-0.15, -0.1) is 0 Å². The summed E-state index contributed by atoms with van der Waals surface area (Å²) in [6.45, 7) is 10.9. The van der Waals surface area contributed by atoms with Gasteiger partial charge in [0.25, 0.3) is 5.91 Å². The molecule has 3 aromatic carbocycles. The maximum atomic E-state index is 13.6. The van der Waals surface area contributed by atoms with E-state index in [4.69, 9.17) is 4.74 Å². The van der Waals surface area contributed by atoms with E-state index in [-0.39, 0.29) is 18.4 Å². The molecule has 3 aromatic rings. The molecular weight excluding hydrogens is 448 g/mol. The van der Waals surface area contributed by atoms with Crippen LogP contribution in [0.5, 0.6) is 5.75 Å². The van der Waals surface area contributed by atoms with Gasteiger partial charge in [0.05, 0.1) is 0 Å². The first kappa shape index (κ1) is 27.0. The molecule has 1 atom stereocenters. The molecule has 190 valence electrons. The number of benzene rings is 3. The number of nitrogens with zero attached hydrogens (tertiary/aromatic N) is 1. The third-order valence-corrected chi connectivity index (χ3v) is 6.27. The summed E-state index contributed by atoms with van der Waals surface area (Å²) >= 11 is 0. The molecule has 5 heteroatoms. The van der Waals surface area contributed by atoms with Crippen molar-refractivity contribution in [1.82, 2.24) is 10.2 Å². The second kappa shape index (κ2) is 12.9. The SMILES string of the molecule is Cc1ccc(CN(C(=O)COc2ccc(C)c(C)c2)C(Cc2ccccc2)C(=O)NCC(C)C)cc1. The first-order chi connectivity index (χ1) is 17.2. The zero-order valence-corrected chi connectivity index (χ0v) is 22.1. The van der Waals surface area contributed by atoms with Crippen LogP contribution in [0.25, 0.3) is 0 Å². The Hall–Kier alpha value is -3.60. The van der Waals surface area contributed by atoms with Gasteiger partial charge in [-0.2, -0.15) is 0 Å². The largest absolute Gasteiger partial charge is 0.484 e. The maximum Gasteiger partial charge on any atom is 0.261 e. The van der Waals surface area contributed by atoms with Gasteiger partial charge in [-0.25, -0.2) is 0 Å². The van der Waals surface area contributed by atoms with Gasteiger partial charge in [0.2, 0.25) is 5.91 Å². The Morgan fingerprint density at radius 1 is 0.861 bits per heavy atom. The Bertz CT molecular complexity index is 1140. The molecule has 0 spiro atoms. The molecular formula is C31H38N2O3. The van der Waals surface area contributed by atoms with Crippen molar-refractivity contribution in [2.24, 2.45) is 5.92 Å². The second-order valence-electron chi connectivity index (χ2n) is 9.89. The van der Waals surface area contributed by atoms with Crippen molar-refractivity contribution in [2.75, 3.05) is 13.2 Å². The highest BCUT2D eigenvalue weighted by atomic mass is 16.5. The molecule has 0 fully saturated rings. The molecule has 0 radical (unpaired) electrons. The number of rotatable bonds is 11. The van der Waals surface area contributed by atoms with Crippen LogP contribution in [0.4, 0.5) is 0 Å². The van der Waals surface area contributed by atoms with Gasteiger partial charge in [-0.1, -0.05) is 80.1 Å². The lowest BCUT2D eigenvalue weighted by molar-refractivity contribution is -0.142. The number of carbonyl (C=O) groups is 2. The highest BCUT2D eigenvalue weighted by molar-refractivity contribution is 5.88. The first-order valence-electron chi connectivity index (χ1n) is 12.6. The number of hydrogen-bond acceptors (Lipinski definition) is 3. The summed E-state index contributed by atoms with van der Waals surface area (Å²) < 4.78 is 5.90. The summed E-state index contributed by atoms with van der Waals surface area (Å²) in [5.41, 5.74) is 5.38. The standard InChI is InChI=1S/C31H38N2O3/c1-22(2)19-32-31(35)29(18-26-9-7-6-8-10-26)33(20-27-14-11-23(3)12-15-27)30(34)21-36-28-16-13-24(4)25(5)17-28/h6-17,22,29H,18-21H2,1-5H3,(H,32,35). The third-order valence-electron chi connectivity index (χ3n) is 6.27. The normalized spacial score (nSPS) is 11.7. The summed E-state index contributed by atoms with van der Waals surface area (Å²) in [6, 6.07) is 23.0. The van der Waals surface area contributed by atoms with Crippen molar-refractivity contribution in [2.45, 2.75) is 53.6 Å². The van der Waals surface area contributed by atoms with Crippen molar-refractivity contribution in [3.63, 3.8) is 0 Å². The van der Waals surface area contributed by atoms with Crippen LogP contribution in [0, 0.1) is 26.7 Å². The fourth-order valence-corrected chi connectivity index (χ4v) is 3.90. The zero-order chi connectivity index (χ0) is 26.1. The van der Waals surface area contributed by atoms with Gasteiger partial charge in [0.15, 0.2) is 6.61 Å². The monoisotopic (exact) mass is 486 g/mol. The lowest BCUT2D eigenvalue weighted by atomic mass is 10.0. The Balaban J connectivity index is 1.89. The van der Waals surface area contributed by atoms with Gasteiger partial charge in [0, 0.05) is 19.5 Å². The van der Waals surface area contributed by atoms with E-state index in [1.54, 1.807) is 4.90 Å². The van der Waals surface area contributed by atoms with Crippen LogP contribution in [0.1, 0.15) is 41.7 Å². The number of aryl methyl sites for hydroxylation is 3. The smallest absolute Gasteiger partial charge is 0.261 e. The predicted octanol–water partition coefficient (Wildman–Crippen LogP) is 5.40. The van der Waals surface area contributed by atoms with Crippen molar-refractivity contribution in [3.05, 3.63) is 101 Å². The van der Waals surface area contributed by atoms with E-state index in [9.17, 15) is 9.59 Å². The molecule has 3 rings (SSSR count). The molecule has 36 heavy (non-hydrogen) atoms. The zero-order valence-electron chi connectivity index (χ0n) is 22.1. The molecule has 1 unspecified atom stereocenters. The summed E-state index contributed by atoms with van der Waals surface area (Å²) in [5.74, 6) is 0.569. The van der Waals surface area contributed by atoms with E-state index < -0.39 is 6.04 Å². The highest BCUT2D eigenvalue weighted by Gasteiger charge is 2.30. The Kier molecular flexibility index (Phi) is 9.69. The summed E-state index contributed by atoms with van der Waals surface area (Å²) in [7, 11) is 0. The van der Waals surface area contributed by atoms with Crippen LogP contribution in [0.3, 0.4) is 0 Å². The van der Waals surface area contributed by atoms with E-state index in [2.05, 4.69) is 19.2 Å². The maximum absolute atomic E-state index is 13.6. The van der Waals surface area contributed by atoms with E-state index in [1.165, 1.54) is 5.56 Å². The number of carbonyl (C=O) groups excluding carboxylic acids is 2. The molecule has 0 saturated heterocycles. The van der Waals surface area contributed by atoms with E-state index in [1.807, 2.05) is 93.6 Å². The molecule has 0 aliphatic carbocycles. The van der Waals surface area contributed by atoms with E-state index in [0.717, 1.165) is 22.3 Å². The van der Waals surface area contributed by atoms with Crippen LogP contribution in [0.15, 0.2) is 72.8 Å². The highest BCUT2D eigenvalue weighted by Crippen LogP contribution is 2.19. The Morgan fingerprint density at radius 2 is 1.56 bits per heavy atom. The minimum Gasteiger partial charge on any atom is -0.484 e. The molecule has 0 aliphatic rings. The summed E-state index contributed by atoms with van der Waals surface area (Å²) in [6.07, 6.45) is 0.423. The first-order valence-corrected chi connectivity index (χ1v) is 12.6. The quantitative estimate of drug-likeness (QED) is 0.395. The average molecular weight is 487 g/mol. The molecule has 5 nitrogen and oxygen atoms in total. The van der Waals surface area contributed by atoms with Gasteiger partial charge in [0.1, 0.15) is 11.8 Å². The van der Waals surface area contributed by atoms with Crippen LogP contribution < -0.4 is 10.1 Å². The van der Waals surface area contributed by atoms with Crippen LogP contribution in [-0.2, 0) is 22.6 Å². The van der Waals surface area contributed by atoms with Gasteiger partial charge in [-0.05, 0) is 61.1 Å². The average Bonchev–Trinajstić information content (AvgIpc) is 2.87. The van der Waals surface area contributed by atoms with Gasteiger partial charge in [-0.3, -0.25) is 9.59 Å². The van der Waals surface area contributed by atoms with Crippen LogP contribution in [0.2, 0.25) is 0 Å². The van der Waals surface area contributed by atoms with E-state index in [0.29, 0.717) is 31.2 Å². The lowest BCUT2D eigenvalue weighted by Gasteiger charge is -2.31. The molecule has 0 saturated carbocycles. The van der Waals surface area contributed by atoms with Crippen LogP contribution in [-0.4, -0.2) is 35.9 Å². The Morgan fingerprint density at radius 3 is 2.19 bits per heavy atom. The van der Waals surface area contributed by atoms with Crippen molar-refractivity contribution >= 4 is 11.8 Å². The molecule has 0 bridgehead atoms. The third kappa shape index (κ3) is 7.98. The van der Waals surface area contributed by atoms with Crippen molar-refractivity contribution in [1.29, 1.82) is 0 Å². The topological polar surface area (TPSA) is 58.6 Å². The summed E-state index contributed by atoms with van der Waals surface area (Å²) in [4.78, 5) is 28.7. The van der Waals surface area contributed by atoms with Crippen molar-refractivity contribution in [3.8, 4) is 5.75 Å². The second-order valence-corrected chi connectivity index (χ2v) is 9.89. The van der Waals surface area contributed by atoms with Gasteiger partial charge >= 0.3 is 0 Å². The fraction of sp³-hybridized carbons (Fsp3) is 0.355. The summed E-state index contributed by atoms with van der Waals surface area (Å²) in [5, 5.41) is 3.05. The lowest BCUT2D eigenvalue weighted by Crippen LogP contribution is -2.52. The molecule has 1 N–H and O–H groups in total.